The van der Waals surface area contributed by atoms with Gasteiger partial charge in [0, 0.05) is 32.1 Å². The minimum absolute atomic E-state index is 0.169. The number of ether oxygens (including phenoxy) is 2. The van der Waals surface area contributed by atoms with E-state index in [4.69, 9.17) is 9.47 Å². The number of morpholine rings is 2. The van der Waals surface area contributed by atoms with E-state index in [0.717, 1.165) is 13.2 Å². The summed E-state index contributed by atoms with van der Waals surface area (Å²) in [6, 6.07) is 0.169. The van der Waals surface area contributed by atoms with Crippen LogP contribution in [-0.4, -0.2) is 61.9 Å². The highest BCUT2D eigenvalue weighted by Gasteiger charge is 2.30. The number of nitrogens with one attached hydrogen (secondary N) is 1. The molecule has 2 heterocycles. The van der Waals surface area contributed by atoms with E-state index in [1.165, 1.54) is 0 Å². The third-order valence-corrected chi connectivity index (χ3v) is 3.20. The van der Waals surface area contributed by atoms with Crippen molar-refractivity contribution in [2.75, 3.05) is 39.5 Å². The minimum Gasteiger partial charge on any atom is -0.378 e. The highest BCUT2D eigenvalue weighted by Crippen LogP contribution is 2.17. The van der Waals surface area contributed by atoms with E-state index in [9.17, 15) is 4.79 Å². The van der Waals surface area contributed by atoms with Crippen molar-refractivity contribution >= 4 is 5.91 Å². The molecular formula is C12H22N2O3. The van der Waals surface area contributed by atoms with E-state index >= 15 is 0 Å². The molecule has 2 saturated heterocycles. The second kappa shape index (κ2) is 5.33. The van der Waals surface area contributed by atoms with Gasteiger partial charge in [-0.25, -0.2) is 0 Å². The normalized spacial score (nSPS) is 29.1. The van der Waals surface area contributed by atoms with E-state index in [1.54, 1.807) is 0 Å². The maximum absolute atomic E-state index is 12.1. The minimum atomic E-state index is -0.218. The third kappa shape index (κ3) is 3.66. The Bertz CT molecular complexity index is 275. The maximum Gasteiger partial charge on any atom is 0.224 e. The number of hydrogen-bond donors (Lipinski definition) is 1. The lowest BCUT2D eigenvalue weighted by molar-refractivity contribution is -0.147. The number of carbonyl (C=O) groups is 1. The predicted octanol–water partition coefficient (Wildman–Crippen LogP) is 0.00230. The molecule has 1 amide bonds. The molecule has 0 radical (unpaired) electrons. The van der Waals surface area contributed by atoms with Crippen LogP contribution in [0.2, 0.25) is 0 Å². The van der Waals surface area contributed by atoms with Gasteiger partial charge in [0.05, 0.1) is 25.4 Å². The van der Waals surface area contributed by atoms with Crippen LogP contribution in [0.1, 0.15) is 20.3 Å². The van der Waals surface area contributed by atoms with Crippen molar-refractivity contribution in [2.24, 2.45) is 0 Å². The van der Waals surface area contributed by atoms with Crippen molar-refractivity contribution in [2.45, 2.75) is 31.9 Å². The third-order valence-electron chi connectivity index (χ3n) is 3.20. The Balaban J connectivity index is 1.82. The van der Waals surface area contributed by atoms with E-state index in [-0.39, 0.29) is 17.6 Å². The highest BCUT2D eigenvalue weighted by atomic mass is 16.5. The van der Waals surface area contributed by atoms with Gasteiger partial charge in [-0.05, 0) is 13.8 Å². The molecule has 1 unspecified atom stereocenters. The molecule has 0 saturated carbocycles. The summed E-state index contributed by atoms with van der Waals surface area (Å²) in [5.41, 5.74) is -0.218. The Morgan fingerprint density at radius 2 is 2.29 bits per heavy atom. The van der Waals surface area contributed by atoms with Crippen molar-refractivity contribution in [1.29, 1.82) is 0 Å². The molecule has 0 aromatic heterocycles. The predicted molar refractivity (Wildman–Crippen MR) is 63.8 cm³/mol. The first-order valence-electron chi connectivity index (χ1n) is 6.30. The lowest BCUT2D eigenvalue weighted by atomic mass is 10.1. The van der Waals surface area contributed by atoms with Gasteiger partial charge in [0.2, 0.25) is 5.91 Å². The van der Waals surface area contributed by atoms with Crippen LogP contribution in [0.15, 0.2) is 0 Å². The molecule has 5 nitrogen and oxygen atoms in total. The molecule has 17 heavy (non-hydrogen) atoms. The lowest BCUT2D eigenvalue weighted by Gasteiger charge is -2.38. The molecule has 0 aromatic rings. The Morgan fingerprint density at radius 1 is 1.47 bits per heavy atom. The van der Waals surface area contributed by atoms with Crippen LogP contribution in [0.25, 0.3) is 0 Å². The van der Waals surface area contributed by atoms with Crippen molar-refractivity contribution < 1.29 is 14.3 Å². The molecular weight excluding hydrogens is 220 g/mol. The molecule has 5 heteroatoms. The maximum atomic E-state index is 12.1. The van der Waals surface area contributed by atoms with E-state index in [2.05, 4.69) is 5.32 Å². The zero-order valence-electron chi connectivity index (χ0n) is 10.7. The molecule has 1 atom stereocenters. The zero-order chi connectivity index (χ0) is 12.3. The lowest BCUT2D eigenvalue weighted by Crippen LogP contribution is -2.52. The average Bonchev–Trinajstić information content (AvgIpc) is 2.29. The van der Waals surface area contributed by atoms with Crippen LogP contribution in [0, 0.1) is 0 Å². The standard InChI is InChI=1S/C12H22N2O3/c1-12(2)9-14(4-6-17-12)11(15)7-10-8-16-5-3-13-10/h10,13H,3-9H2,1-2H3. The molecule has 0 bridgehead atoms. The fraction of sp³-hybridized carbons (Fsp3) is 0.917. The van der Waals surface area contributed by atoms with E-state index in [1.807, 2.05) is 18.7 Å². The van der Waals surface area contributed by atoms with Gasteiger partial charge in [-0.2, -0.15) is 0 Å². The first kappa shape index (κ1) is 12.8. The fourth-order valence-corrected chi connectivity index (χ4v) is 2.32. The first-order valence-corrected chi connectivity index (χ1v) is 6.30. The van der Waals surface area contributed by atoms with Gasteiger partial charge in [0.1, 0.15) is 0 Å². The summed E-state index contributed by atoms with van der Waals surface area (Å²) in [5.74, 6) is 0.198. The Kier molecular flexibility index (Phi) is 4.01. The van der Waals surface area contributed by atoms with Crippen LogP contribution in [0.3, 0.4) is 0 Å². The Morgan fingerprint density at radius 3 is 2.94 bits per heavy atom. The summed E-state index contributed by atoms with van der Waals surface area (Å²) in [7, 11) is 0. The summed E-state index contributed by atoms with van der Waals surface area (Å²) in [6.45, 7) is 8.28. The summed E-state index contributed by atoms with van der Waals surface area (Å²) in [6.07, 6.45) is 0.524. The number of hydrogen-bond acceptors (Lipinski definition) is 4. The van der Waals surface area contributed by atoms with Gasteiger partial charge in [0.15, 0.2) is 0 Å². The van der Waals surface area contributed by atoms with Crippen molar-refractivity contribution in [3.63, 3.8) is 0 Å². The average molecular weight is 242 g/mol. The number of amides is 1. The smallest absolute Gasteiger partial charge is 0.224 e. The second-order valence-electron chi connectivity index (χ2n) is 5.35. The summed E-state index contributed by atoms with van der Waals surface area (Å²) in [4.78, 5) is 14.0. The topological polar surface area (TPSA) is 50.8 Å². The Labute approximate surface area is 102 Å². The monoisotopic (exact) mass is 242 g/mol. The van der Waals surface area contributed by atoms with Crippen LogP contribution in [-0.2, 0) is 14.3 Å². The summed E-state index contributed by atoms with van der Waals surface area (Å²) >= 11 is 0. The molecule has 2 aliphatic heterocycles. The molecule has 2 aliphatic rings. The molecule has 2 rings (SSSR count). The van der Waals surface area contributed by atoms with Crippen LogP contribution in [0.5, 0.6) is 0 Å². The van der Waals surface area contributed by atoms with Crippen molar-refractivity contribution in [1.82, 2.24) is 10.2 Å². The highest BCUT2D eigenvalue weighted by molar-refractivity contribution is 5.77. The number of nitrogens with zero attached hydrogens (tertiary/aromatic N) is 1. The zero-order valence-corrected chi connectivity index (χ0v) is 10.7. The van der Waals surface area contributed by atoms with Gasteiger partial charge in [-0.3, -0.25) is 4.79 Å². The van der Waals surface area contributed by atoms with E-state index < -0.39 is 0 Å². The molecule has 0 aromatic carbocycles. The molecule has 0 spiro atoms. The largest absolute Gasteiger partial charge is 0.378 e. The molecule has 98 valence electrons. The van der Waals surface area contributed by atoms with Crippen molar-refractivity contribution in [3.8, 4) is 0 Å². The Hall–Kier alpha value is -0.650. The van der Waals surface area contributed by atoms with Gasteiger partial charge in [-0.1, -0.05) is 0 Å². The number of carbonyl (C=O) groups excluding carboxylic acids is 1. The molecule has 2 fully saturated rings. The van der Waals surface area contributed by atoms with Crippen molar-refractivity contribution in [3.05, 3.63) is 0 Å². The first-order chi connectivity index (χ1) is 8.07. The van der Waals surface area contributed by atoms with Gasteiger partial charge < -0.3 is 19.7 Å². The fourth-order valence-electron chi connectivity index (χ4n) is 2.32. The van der Waals surface area contributed by atoms with Crippen LogP contribution in [0.4, 0.5) is 0 Å². The van der Waals surface area contributed by atoms with E-state index in [0.29, 0.717) is 32.7 Å². The van der Waals surface area contributed by atoms with Crippen LogP contribution < -0.4 is 5.32 Å². The van der Waals surface area contributed by atoms with Gasteiger partial charge >= 0.3 is 0 Å². The quantitative estimate of drug-likeness (QED) is 0.740. The van der Waals surface area contributed by atoms with Gasteiger partial charge in [-0.15, -0.1) is 0 Å². The molecule has 0 aliphatic carbocycles. The molecule has 1 N–H and O–H groups in total. The van der Waals surface area contributed by atoms with Gasteiger partial charge in [0.25, 0.3) is 0 Å². The van der Waals surface area contributed by atoms with Crippen LogP contribution >= 0.6 is 0 Å². The summed E-state index contributed by atoms with van der Waals surface area (Å²) in [5, 5.41) is 3.31. The second-order valence-corrected chi connectivity index (χ2v) is 5.35. The SMILES string of the molecule is CC1(C)CN(C(=O)CC2COCCN2)CCO1. The number of rotatable bonds is 2. The summed E-state index contributed by atoms with van der Waals surface area (Å²) < 4.78 is 11.0.